The summed E-state index contributed by atoms with van der Waals surface area (Å²) >= 11 is 0. The van der Waals surface area contributed by atoms with Crippen LogP contribution in [0.2, 0.25) is 0 Å². The van der Waals surface area contributed by atoms with E-state index < -0.39 is 11.6 Å². The lowest BCUT2D eigenvalue weighted by molar-refractivity contribution is -0.131. The molecule has 38 heavy (non-hydrogen) atoms. The zero-order valence-electron chi connectivity index (χ0n) is 21.0. The van der Waals surface area contributed by atoms with Crippen LogP contribution in [0.5, 0.6) is 5.75 Å². The van der Waals surface area contributed by atoms with E-state index >= 15 is 0 Å². The number of halogens is 2. The summed E-state index contributed by atoms with van der Waals surface area (Å²) < 4.78 is 33.0. The number of hydrogen-bond donors (Lipinski definition) is 1. The number of nitrogens with zero attached hydrogens (tertiary/aromatic N) is 2. The zero-order chi connectivity index (χ0) is 26.2. The molecule has 0 spiro atoms. The third-order valence-electron chi connectivity index (χ3n) is 7.53. The molecule has 0 aliphatic carbocycles. The third kappa shape index (κ3) is 4.65. The lowest BCUT2D eigenvalue weighted by Crippen LogP contribution is -2.32. The van der Waals surface area contributed by atoms with E-state index in [1.165, 1.54) is 24.1 Å². The van der Waals surface area contributed by atoms with Crippen LogP contribution in [0, 0.1) is 11.6 Å². The first kappa shape index (κ1) is 24.2. The molecular formula is C31H27F2N3O2. The Hall–Kier alpha value is -4.10. The van der Waals surface area contributed by atoms with E-state index in [-0.39, 0.29) is 5.97 Å². The van der Waals surface area contributed by atoms with Gasteiger partial charge in [-0.05, 0) is 77.9 Å². The first-order valence-corrected chi connectivity index (χ1v) is 12.8. The maximum atomic E-state index is 14.1. The van der Waals surface area contributed by atoms with Gasteiger partial charge in [-0.15, -0.1) is 0 Å². The number of esters is 1. The van der Waals surface area contributed by atoms with Crippen molar-refractivity contribution in [2.24, 2.45) is 0 Å². The number of benzene rings is 2. The summed E-state index contributed by atoms with van der Waals surface area (Å²) in [5, 5.41) is 0. The number of H-pyrrole nitrogens is 1. The van der Waals surface area contributed by atoms with Gasteiger partial charge in [0, 0.05) is 61.3 Å². The second kappa shape index (κ2) is 9.99. The molecule has 192 valence electrons. The molecule has 4 aromatic rings. The molecule has 7 heteroatoms. The SMILES string of the molecule is CC(=O)Oc1ccc([C@@H]2C[C@H]3C=C(c4c[nH]c(-c5ccc(F)c(F)c5)c4-c4ccncc4)CCN3C2)cc1. The first-order chi connectivity index (χ1) is 18.5. The minimum atomic E-state index is -0.871. The molecule has 0 radical (unpaired) electrons. The Morgan fingerprint density at radius 1 is 1.03 bits per heavy atom. The smallest absolute Gasteiger partial charge is 0.308 e. The lowest BCUT2D eigenvalue weighted by Gasteiger charge is -2.28. The van der Waals surface area contributed by atoms with Crippen LogP contribution >= 0.6 is 0 Å². The van der Waals surface area contributed by atoms with Gasteiger partial charge in [0.25, 0.3) is 0 Å². The predicted molar refractivity (Wildman–Crippen MR) is 142 cm³/mol. The summed E-state index contributed by atoms with van der Waals surface area (Å²) in [7, 11) is 0. The van der Waals surface area contributed by atoms with Crippen LogP contribution in [-0.4, -0.2) is 40.0 Å². The number of fused-ring (bicyclic) bond motifs is 1. The standard InChI is InChI=1S/C31H27F2N3O2/c1-19(37)38-26-5-2-20(3-6-26)24-15-25-14-22(10-13-36(25)18-24)27-17-35-31(23-4-7-28(32)29(33)16-23)30(27)21-8-11-34-12-9-21/h2-9,11-12,14,16-17,24-25,35H,10,13,15,18H2,1H3/t24-,25-/m1/s1. The minimum Gasteiger partial charge on any atom is -0.427 e. The van der Waals surface area contributed by atoms with E-state index in [0.29, 0.717) is 23.3 Å². The monoisotopic (exact) mass is 511 g/mol. The number of carbonyl (C=O) groups excluding carboxylic acids is 1. The van der Waals surface area contributed by atoms with Crippen LogP contribution in [0.4, 0.5) is 8.78 Å². The van der Waals surface area contributed by atoms with Gasteiger partial charge in [0.15, 0.2) is 11.6 Å². The molecule has 1 N–H and O–H groups in total. The van der Waals surface area contributed by atoms with Crippen molar-refractivity contribution < 1.29 is 18.3 Å². The minimum absolute atomic E-state index is 0.309. The summed E-state index contributed by atoms with van der Waals surface area (Å²) in [6.45, 7) is 3.32. The lowest BCUT2D eigenvalue weighted by atomic mass is 9.90. The number of ether oxygens (including phenoxy) is 1. The average molecular weight is 512 g/mol. The van der Waals surface area contributed by atoms with E-state index in [4.69, 9.17) is 4.74 Å². The Morgan fingerprint density at radius 3 is 2.55 bits per heavy atom. The van der Waals surface area contributed by atoms with Crippen LogP contribution in [0.3, 0.4) is 0 Å². The van der Waals surface area contributed by atoms with E-state index in [1.54, 1.807) is 18.5 Å². The fourth-order valence-corrected chi connectivity index (χ4v) is 5.76. The number of pyridine rings is 1. The zero-order valence-corrected chi connectivity index (χ0v) is 21.0. The van der Waals surface area contributed by atoms with E-state index in [0.717, 1.165) is 54.4 Å². The largest absolute Gasteiger partial charge is 0.427 e. The van der Waals surface area contributed by atoms with Crippen molar-refractivity contribution in [2.75, 3.05) is 13.1 Å². The van der Waals surface area contributed by atoms with Gasteiger partial charge < -0.3 is 9.72 Å². The highest BCUT2D eigenvalue weighted by molar-refractivity contribution is 5.91. The van der Waals surface area contributed by atoms with Gasteiger partial charge in [-0.3, -0.25) is 14.7 Å². The molecule has 2 aromatic heterocycles. The van der Waals surface area contributed by atoms with Crippen LogP contribution < -0.4 is 4.74 Å². The maximum absolute atomic E-state index is 14.1. The predicted octanol–water partition coefficient (Wildman–Crippen LogP) is 6.59. The van der Waals surface area contributed by atoms with Gasteiger partial charge in [0.1, 0.15) is 5.75 Å². The highest BCUT2D eigenvalue weighted by Crippen LogP contribution is 2.43. The van der Waals surface area contributed by atoms with Crippen LogP contribution in [0.25, 0.3) is 28.0 Å². The van der Waals surface area contributed by atoms with E-state index in [1.807, 2.05) is 42.6 Å². The molecule has 0 unspecified atom stereocenters. The second-order valence-corrected chi connectivity index (χ2v) is 9.92. The summed E-state index contributed by atoms with van der Waals surface area (Å²) in [5.41, 5.74) is 6.85. The molecule has 1 fully saturated rings. The van der Waals surface area contributed by atoms with Gasteiger partial charge in [0.05, 0.1) is 5.69 Å². The Kier molecular flexibility index (Phi) is 6.37. The number of nitrogens with one attached hydrogen (secondary N) is 1. The Morgan fingerprint density at radius 2 is 1.82 bits per heavy atom. The molecule has 2 atom stereocenters. The molecule has 0 amide bonds. The van der Waals surface area contributed by atoms with Crippen molar-refractivity contribution in [1.82, 2.24) is 14.9 Å². The number of carbonyl (C=O) groups is 1. The summed E-state index contributed by atoms with van der Waals surface area (Å²) in [5.74, 6) is -1.10. The fraction of sp³-hybridized carbons (Fsp3) is 0.226. The van der Waals surface area contributed by atoms with Crippen molar-refractivity contribution in [2.45, 2.75) is 31.7 Å². The normalized spacial score (nSPS) is 19.2. The number of rotatable bonds is 5. The summed E-state index contributed by atoms with van der Waals surface area (Å²) in [6, 6.07) is 16.0. The van der Waals surface area contributed by atoms with Crippen LogP contribution in [0.1, 0.15) is 36.8 Å². The number of aromatic amines is 1. The Bertz CT molecular complexity index is 1510. The first-order valence-electron chi connectivity index (χ1n) is 12.8. The molecule has 5 nitrogen and oxygen atoms in total. The van der Waals surface area contributed by atoms with Crippen molar-refractivity contribution in [3.05, 3.63) is 102 Å². The molecule has 2 aromatic carbocycles. The highest BCUT2D eigenvalue weighted by atomic mass is 19.2. The molecule has 6 rings (SSSR count). The molecule has 0 saturated carbocycles. The summed E-state index contributed by atoms with van der Waals surface area (Å²) in [6.07, 6.45) is 9.72. The van der Waals surface area contributed by atoms with Crippen molar-refractivity contribution in [3.63, 3.8) is 0 Å². The van der Waals surface area contributed by atoms with Gasteiger partial charge >= 0.3 is 5.97 Å². The van der Waals surface area contributed by atoms with Crippen LogP contribution in [0.15, 0.2) is 79.3 Å². The van der Waals surface area contributed by atoms with Gasteiger partial charge in [-0.2, -0.15) is 0 Å². The molecule has 2 aliphatic rings. The fourth-order valence-electron chi connectivity index (χ4n) is 5.76. The quantitative estimate of drug-likeness (QED) is 0.243. The Labute approximate surface area is 219 Å². The van der Waals surface area contributed by atoms with Crippen molar-refractivity contribution >= 4 is 11.5 Å². The Balaban J connectivity index is 1.31. The van der Waals surface area contributed by atoms with Gasteiger partial charge in [-0.1, -0.05) is 18.2 Å². The molecule has 1 saturated heterocycles. The average Bonchev–Trinajstić information content (AvgIpc) is 3.55. The highest BCUT2D eigenvalue weighted by Gasteiger charge is 2.34. The van der Waals surface area contributed by atoms with E-state index in [2.05, 4.69) is 20.9 Å². The molecule has 0 bridgehead atoms. The second-order valence-electron chi connectivity index (χ2n) is 9.92. The van der Waals surface area contributed by atoms with Crippen molar-refractivity contribution in [3.8, 4) is 28.1 Å². The van der Waals surface area contributed by atoms with Gasteiger partial charge in [0.2, 0.25) is 0 Å². The van der Waals surface area contributed by atoms with E-state index in [9.17, 15) is 13.6 Å². The molecule has 2 aliphatic heterocycles. The summed E-state index contributed by atoms with van der Waals surface area (Å²) in [4.78, 5) is 21.2. The molecule has 4 heterocycles. The number of hydrogen-bond acceptors (Lipinski definition) is 4. The number of aromatic nitrogens is 2. The van der Waals surface area contributed by atoms with Crippen molar-refractivity contribution in [1.29, 1.82) is 0 Å². The van der Waals surface area contributed by atoms with Gasteiger partial charge in [-0.25, -0.2) is 8.78 Å². The third-order valence-corrected chi connectivity index (χ3v) is 7.53. The molecular weight excluding hydrogens is 484 g/mol. The maximum Gasteiger partial charge on any atom is 0.308 e. The van der Waals surface area contributed by atoms with Crippen LogP contribution in [-0.2, 0) is 4.79 Å². The topological polar surface area (TPSA) is 58.2 Å².